The van der Waals surface area contributed by atoms with E-state index >= 15 is 0 Å². The molecule has 0 atom stereocenters. The van der Waals surface area contributed by atoms with Crippen molar-refractivity contribution in [2.45, 2.75) is 19.4 Å². The minimum Gasteiger partial charge on any atom is -0.298 e. The highest BCUT2D eigenvalue weighted by Crippen LogP contribution is 2.20. The number of benzene rings is 1. The number of nitrogens with zero attached hydrogens (tertiary/aromatic N) is 1. The fraction of sp³-hybridized carbons (Fsp3) is 0.417. The van der Waals surface area contributed by atoms with Gasteiger partial charge in [-0.2, -0.15) is 0 Å². The van der Waals surface area contributed by atoms with Gasteiger partial charge < -0.3 is 0 Å². The van der Waals surface area contributed by atoms with Crippen LogP contribution in [0.25, 0.3) is 0 Å². The molecule has 0 aromatic heterocycles. The van der Waals surface area contributed by atoms with Gasteiger partial charge in [0.05, 0.1) is 6.54 Å². The van der Waals surface area contributed by atoms with E-state index in [9.17, 15) is 9.18 Å². The van der Waals surface area contributed by atoms with Crippen molar-refractivity contribution < 1.29 is 9.18 Å². The molecule has 0 amide bonds. The average molecular weight is 242 g/mol. The number of carbonyl (C=O) groups is 1. The van der Waals surface area contributed by atoms with Crippen molar-refractivity contribution in [1.29, 1.82) is 0 Å². The predicted molar refractivity (Wildman–Crippen MR) is 60.9 cm³/mol. The molecule has 0 spiro atoms. The van der Waals surface area contributed by atoms with Crippen LogP contribution >= 0.6 is 11.6 Å². The number of rotatable bonds is 2. The van der Waals surface area contributed by atoms with Crippen molar-refractivity contribution in [1.82, 2.24) is 4.90 Å². The monoisotopic (exact) mass is 241 g/mol. The number of ketones is 1. The van der Waals surface area contributed by atoms with Crippen LogP contribution < -0.4 is 0 Å². The molecule has 1 aliphatic heterocycles. The lowest BCUT2D eigenvalue weighted by atomic mass is 10.1. The van der Waals surface area contributed by atoms with E-state index in [-0.39, 0.29) is 11.6 Å². The van der Waals surface area contributed by atoms with Gasteiger partial charge in [-0.1, -0.05) is 11.6 Å². The molecule has 1 aromatic carbocycles. The standard InChI is InChI=1S/C12H13ClFNO/c13-12-4-3-10(14)6-9(12)7-15-5-1-2-11(16)8-15/h3-4,6H,1-2,5,7-8H2. The zero-order valence-electron chi connectivity index (χ0n) is 8.88. The molecule has 0 N–H and O–H groups in total. The highest BCUT2D eigenvalue weighted by Gasteiger charge is 2.17. The van der Waals surface area contributed by atoms with Crippen LogP contribution in [0, 0.1) is 5.82 Å². The number of Topliss-reactive ketones (excluding diaryl/α,β-unsaturated/α-hetero) is 1. The Bertz CT molecular complexity index is 408. The van der Waals surface area contributed by atoms with Crippen molar-refractivity contribution in [2.75, 3.05) is 13.1 Å². The Kier molecular flexibility index (Phi) is 3.56. The van der Waals surface area contributed by atoms with E-state index < -0.39 is 0 Å². The second-order valence-electron chi connectivity index (χ2n) is 4.09. The minimum atomic E-state index is -0.289. The van der Waals surface area contributed by atoms with Gasteiger partial charge in [0.15, 0.2) is 0 Å². The van der Waals surface area contributed by atoms with Gasteiger partial charge >= 0.3 is 0 Å². The summed E-state index contributed by atoms with van der Waals surface area (Å²) in [5.74, 6) is -0.0403. The third-order valence-corrected chi connectivity index (χ3v) is 3.10. The van der Waals surface area contributed by atoms with Gasteiger partial charge in [-0.3, -0.25) is 9.69 Å². The zero-order valence-corrected chi connectivity index (χ0v) is 9.63. The number of piperidine rings is 1. The summed E-state index contributed by atoms with van der Waals surface area (Å²) in [6, 6.07) is 4.33. The Morgan fingerprint density at radius 3 is 3.00 bits per heavy atom. The summed E-state index contributed by atoms with van der Waals surface area (Å²) in [6.07, 6.45) is 1.54. The van der Waals surface area contributed by atoms with Crippen LogP contribution in [-0.2, 0) is 11.3 Å². The molecule has 4 heteroatoms. The Morgan fingerprint density at radius 2 is 2.25 bits per heavy atom. The van der Waals surface area contributed by atoms with E-state index in [1.54, 1.807) is 6.07 Å². The van der Waals surface area contributed by atoms with Gasteiger partial charge in [0.2, 0.25) is 0 Å². The molecule has 0 unspecified atom stereocenters. The van der Waals surface area contributed by atoms with Crippen LogP contribution in [0.2, 0.25) is 5.02 Å². The fourth-order valence-electron chi connectivity index (χ4n) is 1.95. The first-order chi connectivity index (χ1) is 7.65. The molecular weight excluding hydrogens is 229 g/mol. The van der Waals surface area contributed by atoms with E-state index in [0.717, 1.165) is 18.5 Å². The van der Waals surface area contributed by atoms with Gasteiger partial charge in [0.1, 0.15) is 11.6 Å². The Hall–Kier alpha value is -0.930. The normalized spacial score (nSPS) is 17.8. The van der Waals surface area contributed by atoms with Crippen molar-refractivity contribution in [3.63, 3.8) is 0 Å². The minimum absolute atomic E-state index is 0.249. The lowest BCUT2D eigenvalue weighted by Crippen LogP contribution is -2.35. The van der Waals surface area contributed by atoms with Crippen molar-refractivity contribution >= 4 is 17.4 Å². The molecule has 1 aliphatic rings. The summed E-state index contributed by atoms with van der Waals surface area (Å²) in [4.78, 5) is 13.3. The zero-order chi connectivity index (χ0) is 11.5. The van der Waals surface area contributed by atoms with Crippen molar-refractivity contribution in [2.24, 2.45) is 0 Å². The Morgan fingerprint density at radius 1 is 1.44 bits per heavy atom. The molecule has 86 valence electrons. The Labute approximate surface area is 99.0 Å². The van der Waals surface area contributed by atoms with Crippen LogP contribution in [0.5, 0.6) is 0 Å². The third-order valence-electron chi connectivity index (χ3n) is 2.73. The first kappa shape index (κ1) is 11.6. The molecule has 1 aromatic rings. The van der Waals surface area contributed by atoms with E-state index in [0.29, 0.717) is 24.5 Å². The second-order valence-corrected chi connectivity index (χ2v) is 4.50. The molecule has 0 aliphatic carbocycles. The molecule has 1 fully saturated rings. The van der Waals surface area contributed by atoms with Crippen LogP contribution in [0.4, 0.5) is 4.39 Å². The third kappa shape index (κ3) is 2.80. The maximum absolute atomic E-state index is 13.0. The van der Waals surface area contributed by atoms with Crippen LogP contribution in [0.15, 0.2) is 18.2 Å². The summed E-state index contributed by atoms with van der Waals surface area (Å²) in [6.45, 7) is 1.87. The number of hydrogen-bond acceptors (Lipinski definition) is 2. The molecular formula is C12H13ClFNO. The van der Waals surface area contributed by atoms with Crippen molar-refractivity contribution in [3.8, 4) is 0 Å². The molecule has 0 saturated carbocycles. The van der Waals surface area contributed by atoms with E-state index in [2.05, 4.69) is 0 Å². The quantitative estimate of drug-likeness (QED) is 0.794. The Balaban J connectivity index is 2.08. The topological polar surface area (TPSA) is 20.3 Å². The molecule has 2 rings (SSSR count). The summed E-state index contributed by atoms with van der Waals surface area (Å²) < 4.78 is 13.0. The summed E-state index contributed by atoms with van der Waals surface area (Å²) in [5.41, 5.74) is 0.747. The van der Waals surface area contributed by atoms with Gasteiger partial charge in [-0.05, 0) is 36.7 Å². The molecule has 16 heavy (non-hydrogen) atoms. The molecule has 1 saturated heterocycles. The van der Waals surface area contributed by atoms with Crippen molar-refractivity contribution in [3.05, 3.63) is 34.6 Å². The number of likely N-dealkylation sites (tertiary alicyclic amines) is 1. The summed E-state index contributed by atoms with van der Waals surface area (Å²) in [5, 5.41) is 0.555. The maximum Gasteiger partial charge on any atom is 0.146 e. The average Bonchev–Trinajstić information content (AvgIpc) is 2.24. The maximum atomic E-state index is 13.0. The van der Waals surface area contributed by atoms with Crippen LogP contribution in [0.1, 0.15) is 18.4 Å². The van der Waals surface area contributed by atoms with Crippen LogP contribution in [0.3, 0.4) is 0 Å². The van der Waals surface area contributed by atoms with E-state index in [1.165, 1.54) is 12.1 Å². The highest BCUT2D eigenvalue weighted by atomic mass is 35.5. The van der Waals surface area contributed by atoms with Crippen LogP contribution in [-0.4, -0.2) is 23.8 Å². The molecule has 0 bridgehead atoms. The fourth-order valence-corrected chi connectivity index (χ4v) is 2.12. The predicted octanol–water partition coefficient (Wildman–Crippen LogP) is 2.64. The first-order valence-electron chi connectivity index (χ1n) is 5.33. The first-order valence-corrected chi connectivity index (χ1v) is 5.71. The van der Waals surface area contributed by atoms with E-state index in [1.807, 2.05) is 4.90 Å². The largest absolute Gasteiger partial charge is 0.298 e. The summed E-state index contributed by atoms with van der Waals surface area (Å²) >= 11 is 5.97. The number of halogens is 2. The van der Waals surface area contributed by atoms with Gasteiger partial charge in [-0.15, -0.1) is 0 Å². The summed E-state index contributed by atoms with van der Waals surface area (Å²) in [7, 11) is 0. The molecule has 1 heterocycles. The smallest absolute Gasteiger partial charge is 0.146 e. The number of hydrogen-bond donors (Lipinski definition) is 0. The molecule has 0 radical (unpaired) electrons. The lowest BCUT2D eigenvalue weighted by Gasteiger charge is -2.25. The highest BCUT2D eigenvalue weighted by molar-refractivity contribution is 6.31. The SMILES string of the molecule is O=C1CCCN(Cc2cc(F)ccc2Cl)C1. The van der Waals surface area contributed by atoms with Gasteiger partial charge in [-0.25, -0.2) is 4.39 Å². The lowest BCUT2D eigenvalue weighted by molar-refractivity contribution is -0.122. The number of carbonyl (C=O) groups excluding carboxylic acids is 1. The van der Waals surface area contributed by atoms with Gasteiger partial charge in [0, 0.05) is 18.0 Å². The molecule has 2 nitrogen and oxygen atoms in total. The van der Waals surface area contributed by atoms with E-state index in [4.69, 9.17) is 11.6 Å². The second kappa shape index (κ2) is 4.93. The van der Waals surface area contributed by atoms with Gasteiger partial charge in [0.25, 0.3) is 0 Å².